The number of benzene rings is 1. The van der Waals surface area contributed by atoms with Crippen LogP contribution in [0.5, 0.6) is 0 Å². The highest BCUT2D eigenvalue weighted by molar-refractivity contribution is 5.56. The van der Waals surface area contributed by atoms with Gasteiger partial charge in [0.15, 0.2) is 5.82 Å². The predicted molar refractivity (Wildman–Crippen MR) is 125 cm³/mol. The van der Waals surface area contributed by atoms with E-state index in [9.17, 15) is 4.79 Å². The fraction of sp³-hybridized carbons (Fsp3) is 0.292. The number of nitrogens with one attached hydrogen (secondary N) is 1. The van der Waals surface area contributed by atoms with Gasteiger partial charge in [0.05, 0.1) is 12.4 Å². The molecule has 0 spiro atoms. The van der Waals surface area contributed by atoms with Crippen LogP contribution in [0.2, 0.25) is 0 Å². The lowest BCUT2D eigenvalue weighted by atomic mass is 10.1. The van der Waals surface area contributed by atoms with Crippen LogP contribution < -0.4 is 10.7 Å². The van der Waals surface area contributed by atoms with Gasteiger partial charge >= 0.3 is 0 Å². The summed E-state index contributed by atoms with van der Waals surface area (Å²) in [7, 11) is 1.85. The SMILES string of the molecule is Cn1cc(-n2ccc(=O)c(Cc3cccc(-c4ncc(CN5CCNCC5)cn4)c3)n2)cn1. The van der Waals surface area contributed by atoms with Crippen LogP contribution in [-0.4, -0.2) is 60.6 Å². The zero-order valence-corrected chi connectivity index (χ0v) is 18.6. The Kier molecular flexibility index (Phi) is 6.05. The molecule has 1 aliphatic rings. The van der Waals surface area contributed by atoms with Gasteiger partial charge in [-0.2, -0.15) is 10.2 Å². The largest absolute Gasteiger partial charge is 0.314 e. The van der Waals surface area contributed by atoms with Crippen LogP contribution in [0.25, 0.3) is 17.1 Å². The molecule has 9 heteroatoms. The average molecular weight is 443 g/mol. The number of nitrogens with zero attached hydrogens (tertiary/aromatic N) is 7. The van der Waals surface area contributed by atoms with Gasteiger partial charge < -0.3 is 5.32 Å². The molecular weight excluding hydrogens is 416 g/mol. The second-order valence-electron chi connectivity index (χ2n) is 8.26. The van der Waals surface area contributed by atoms with E-state index in [1.165, 1.54) is 0 Å². The number of aromatic nitrogens is 6. The molecule has 1 aromatic carbocycles. The van der Waals surface area contributed by atoms with Crippen molar-refractivity contribution in [3.8, 4) is 17.1 Å². The quantitative estimate of drug-likeness (QED) is 0.483. The van der Waals surface area contributed by atoms with E-state index in [0.29, 0.717) is 17.9 Å². The van der Waals surface area contributed by atoms with Gasteiger partial charge in [-0.3, -0.25) is 14.4 Å². The number of hydrogen-bond donors (Lipinski definition) is 1. The van der Waals surface area contributed by atoms with Gasteiger partial charge in [-0.1, -0.05) is 18.2 Å². The molecule has 33 heavy (non-hydrogen) atoms. The van der Waals surface area contributed by atoms with E-state index in [2.05, 4.69) is 30.4 Å². The first-order valence-electron chi connectivity index (χ1n) is 11.1. The summed E-state index contributed by atoms with van der Waals surface area (Å²) >= 11 is 0. The molecule has 0 radical (unpaired) electrons. The normalized spacial score (nSPS) is 14.5. The van der Waals surface area contributed by atoms with Crippen molar-refractivity contribution in [2.75, 3.05) is 26.2 Å². The van der Waals surface area contributed by atoms with Crippen LogP contribution >= 0.6 is 0 Å². The van der Waals surface area contributed by atoms with Crippen LogP contribution in [-0.2, 0) is 20.0 Å². The molecule has 0 unspecified atom stereocenters. The van der Waals surface area contributed by atoms with E-state index in [-0.39, 0.29) is 5.43 Å². The summed E-state index contributed by atoms with van der Waals surface area (Å²) in [6.45, 7) is 5.00. The van der Waals surface area contributed by atoms with Gasteiger partial charge in [0, 0.05) is 82.0 Å². The second-order valence-corrected chi connectivity index (χ2v) is 8.26. The highest BCUT2D eigenvalue weighted by Gasteiger charge is 2.12. The maximum Gasteiger partial charge on any atom is 0.203 e. The van der Waals surface area contributed by atoms with E-state index in [1.54, 1.807) is 27.8 Å². The summed E-state index contributed by atoms with van der Waals surface area (Å²) in [6, 6.07) is 9.50. The van der Waals surface area contributed by atoms with E-state index in [4.69, 9.17) is 0 Å². The van der Waals surface area contributed by atoms with Crippen LogP contribution in [0.4, 0.5) is 0 Å². The Bertz CT molecular complexity index is 1290. The summed E-state index contributed by atoms with van der Waals surface area (Å²) < 4.78 is 3.38. The number of piperazine rings is 1. The summed E-state index contributed by atoms with van der Waals surface area (Å²) in [4.78, 5) is 24.0. The molecule has 5 rings (SSSR count). The highest BCUT2D eigenvalue weighted by atomic mass is 16.1. The third-order valence-electron chi connectivity index (χ3n) is 5.71. The first-order chi connectivity index (χ1) is 16.1. The average Bonchev–Trinajstić information content (AvgIpc) is 3.28. The smallest absolute Gasteiger partial charge is 0.203 e. The maximum atomic E-state index is 12.4. The van der Waals surface area contributed by atoms with Crippen molar-refractivity contribution in [3.63, 3.8) is 0 Å². The molecule has 3 aromatic heterocycles. The van der Waals surface area contributed by atoms with Gasteiger partial charge in [0.1, 0.15) is 11.4 Å². The van der Waals surface area contributed by atoms with E-state index in [1.807, 2.05) is 49.9 Å². The molecule has 4 heterocycles. The van der Waals surface area contributed by atoms with Crippen molar-refractivity contribution in [2.45, 2.75) is 13.0 Å². The van der Waals surface area contributed by atoms with Crippen molar-refractivity contribution in [1.82, 2.24) is 39.7 Å². The molecular formula is C24H26N8O. The molecule has 168 valence electrons. The number of aryl methyl sites for hydroxylation is 1. The Hall–Kier alpha value is -3.69. The molecule has 1 N–H and O–H groups in total. The van der Waals surface area contributed by atoms with Crippen LogP contribution in [0.1, 0.15) is 16.8 Å². The molecule has 0 atom stereocenters. The monoisotopic (exact) mass is 442 g/mol. The standard InChI is InChI=1S/C24H26N8O/c1-30-17-21(15-28-30)32-8-5-23(33)22(29-32)12-18-3-2-4-20(11-18)24-26-13-19(14-27-24)16-31-9-6-25-7-10-31/h2-5,8,11,13-15,17,25H,6-7,9-10,12,16H2,1H3. The predicted octanol–water partition coefficient (Wildman–Crippen LogP) is 1.42. The minimum Gasteiger partial charge on any atom is -0.314 e. The van der Waals surface area contributed by atoms with Crippen molar-refractivity contribution in [1.29, 1.82) is 0 Å². The van der Waals surface area contributed by atoms with Gasteiger partial charge in [0.2, 0.25) is 5.43 Å². The molecule has 1 saturated heterocycles. The molecule has 0 amide bonds. The third kappa shape index (κ3) is 5.05. The van der Waals surface area contributed by atoms with Crippen LogP contribution in [0, 0.1) is 0 Å². The van der Waals surface area contributed by atoms with Crippen molar-refractivity contribution < 1.29 is 0 Å². The molecule has 9 nitrogen and oxygen atoms in total. The third-order valence-corrected chi connectivity index (χ3v) is 5.71. The lowest BCUT2D eigenvalue weighted by Gasteiger charge is -2.26. The van der Waals surface area contributed by atoms with Crippen molar-refractivity contribution in [3.05, 3.63) is 88.4 Å². The van der Waals surface area contributed by atoms with Gasteiger partial charge in [-0.15, -0.1) is 0 Å². The summed E-state index contributed by atoms with van der Waals surface area (Å²) in [6.07, 6.45) is 9.46. The van der Waals surface area contributed by atoms with E-state index < -0.39 is 0 Å². The number of hydrogen-bond acceptors (Lipinski definition) is 7. The van der Waals surface area contributed by atoms with E-state index in [0.717, 1.165) is 55.1 Å². The number of rotatable bonds is 6. The van der Waals surface area contributed by atoms with Crippen LogP contribution in [0.3, 0.4) is 0 Å². The molecule has 0 aliphatic carbocycles. The Morgan fingerprint density at radius 3 is 2.61 bits per heavy atom. The Balaban J connectivity index is 1.33. The highest BCUT2D eigenvalue weighted by Crippen LogP contribution is 2.18. The minimum atomic E-state index is -0.0888. The van der Waals surface area contributed by atoms with E-state index >= 15 is 0 Å². The van der Waals surface area contributed by atoms with Gasteiger partial charge in [-0.05, 0) is 11.6 Å². The Labute approximate surface area is 191 Å². The Morgan fingerprint density at radius 1 is 1.03 bits per heavy atom. The topological polar surface area (TPSA) is 93.8 Å². The zero-order chi connectivity index (χ0) is 22.6. The molecule has 1 aliphatic heterocycles. The summed E-state index contributed by atoms with van der Waals surface area (Å²) in [5, 5.41) is 12.1. The molecule has 0 saturated carbocycles. The van der Waals surface area contributed by atoms with Crippen LogP contribution in [0.15, 0.2) is 66.1 Å². The van der Waals surface area contributed by atoms with Crippen molar-refractivity contribution in [2.24, 2.45) is 7.05 Å². The molecule has 0 bridgehead atoms. The zero-order valence-electron chi connectivity index (χ0n) is 18.6. The summed E-state index contributed by atoms with van der Waals surface area (Å²) in [5.41, 5.74) is 4.21. The lowest BCUT2D eigenvalue weighted by molar-refractivity contribution is 0.233. The van der Waals surface area contributed by atoms with Crippen molar-refractivity contribution >= 4 is 0 Å². The first kappa shape index (κ1) is 21.2. The summed E-state index contributed by atoms with van der Waals surface area (Å²) in [5.74, 6) is 0.676. The Morgan fingerprint density at radius 2 is 1.85 bits per heavy atom. The maximum absolute atomic E-state index is 12.4. The molecule has 1 fully saturated rings. The van der Waals surface area contributed by atoms with Gasteiger partial charge in [-0.25, -0.2) is 14.6 Å². The first-order valence-corrected chi connectivity index (χ1v) is 11.1. The molecule has 4 aromatic rings. The van der Waals surface area contributed by atoms with Gasteiger partial charge in [0.25, 0.3) is 0 Å². The lowest BCUT2D eigenvalue weighted by Crippen LogP contribution is -2.42. The fourth-order valence-corrected chi connectivity index (χ4v) is 3.97. The minimum absolute atomic E-state index is 0.0888. The second kappa shape index (κ2) is 9.43. The fourth-order valence-electron chi connectivity index (χ4n) is 3.97.